The summed E-state index contributed by atoms with van der Waals surface area (Å²) in [6.07, 6.45) is 2.61. The van der Waals surface area contributed by atoms with Crippen LogP contribution >= 0.6 is 11.8 Å². The number of hydrogen-bond acceptors (Lipinski definition) is 6. The van der Waals surface area contributed by atoms with Gasteiger partial charge in [-0.25, -0.2) is 0 Å². The minimum Gasteiger partial charge on any atom is -0.407 e. The molecule has 2 N–H and O–H groups in total. The van der Waals surface area contributed by atoms with E-state index >= 15 is 0 Å². The summed E-state index contributed by atoms with van der Waals surface area (Å²) < 4.78 is 5.49. The lowest BCUT2D eigenvalue weighted by atomic mass is 10.2. The molecule has 1 saturated heterocycles. The molecule has 0 aromatic carbocycles. The van der Waals surface area contributed by atoms with E-state index in [0.717, 1.165) is 6.54 Å². The van der Waals surface area contributed by atoms with Gasteiger partial charge in [-0.1, -0.05) is 18.9 Å². The second kappa shape index (κ2) is 6.26. The highest BCUT2D eigenvalue weighted by molar-refractivity contribution is 8.00. The average molecular weight is 256 g/mol. The molecule has 1 aromatic rings. The summed E-state index contributed by atoms with van der Waals surface area (Å²) in [6, 6.07) is 0.964. The molecule has 1 aliphatic rings. The lowest BCUT2D eigenvalue weighted by Crippen LogP contribution is -2.21. The number of nitrogens with one attached hydrogen (secondary N) is 2. The zero-order valence-corrected chi connectivity index (χ0v) is 11.2. The van der Waals surface area contributed by atoms with Crippen molar-refractivity contribution in [3.8, 4) is 0 Å². The van der Waals surface area contributed by atoms with Gasteiger partial charge < -0.3 is 15.1 Å². The molecule has 1 fully saturated rings. The molecule has 0 bridgehead atoms. The fourth-order valence-corrected chi connectivity index (χ4v) is 2.90. The first-order chi connectivity index (χ1) is 8.24. The number of anilines is 1. The predicted octanol–water partition coefficient (Wildman–Crippen LogP) is 1.88. The van der Waals surface area contributed by atoms with E-state index in [0.29, 0.717) is 29.7 Å². The number of thioether (sulfide) groups is 1. The monoisotopic (exact) mass is 256 g/mol. The van der Waals surface area contributed by atoms with E-state index in [1.807, 2.05) is 11.8 Å². The standard InChI is InChI=1S/C11H20N4OS/c1-8(2)12-7-10-14-15-11(16-10)13-6-9-4-3-5-17-9/h8-9,12H,3-7H2,1-2H3,(H,13,15). The van der Waals surface area contributed by atoms with Crippen LogP contribution in [0.3, 0.4) is 0 Å². The minimum atomic E-state index is 0.424. The second-order valence-corrected chi connectivity index (χ2v) is 5.96. The molecule has 1 unspecified atom stereocenters. The molecule has 1 aliphatic heterocycles. The summed E-state index contributed by atoms with van der Waals surface area (Å²) in [6.45, 7) is 5.73. The molecular weight excluding hydrogens is 236 g/mol. The third kappa shape index (κ3) is 4.20. The van der Waals surface area contributed by atoms with Crippen LogP contribution in [0.25, 0.3) is 0 Å². The third-order valence-corrected chi connectivity index (χ3v) is 4.03. The highest BCUT2D eigenvalue weighted by Gasteiger charge is 2.16. The van der Waals surface area contributed by atoms with Gasteiger partial charge in [0, 0.05) is 17.8 Å². The van der Waals surface area contributed by atoms with Gasteiger partial charge in [-0.15, -0.1) is 5.10 Å². The Morgan fingerprint density at radius 3 is 3.06 bits per heavy atom. The van der Waals surface area contributed by atoms with Gasteiger partial charge in [-0.3, -0.25) is 0 Å². The quantitative estimate of drug-likeness (QED) is 0.810. The summed E-state index contributed by atoms with van der Waals surface area (Å²) in [5.74, 6) is 1.92. The van der Waals surface area contributed by atoms with Gasteiger partial charge in [-0.2, -0.15) is 11.8 Å². The smallest absolute Gasteiger partial charge is 0.315 e. The van der Waals surface area contributed by atoms with E-state index < -0.39 is 0 Å². The average Bonchev–Trinajstić information content (AvgIpc) is 2.95. The highest BCUT2D eigenvalue weighted by atomic mass is 32.2. The molecule has 0 radical (unpaired) electrons. The van der Waals surface area contributed by atoms with Crippen LogP contribution in [0.15, 0.2) is 4.42 Å². The first-order valence-electron chi connectivity index (χ1n) is 6.15. The lowest BCUT2D eigenvalue weighted by Gasteiger charge is -2.07. The Balaban J connectivity index is 1.73. The highest BCUT2D eigenvalue weighted by Crippen LogP contribution is 2.26. The molecule has 0 aliphatic carbocycles. The second-order valence-electron chi connectivity index (χ2n) is 4.55. The van der Waals surface area contributed by atoms with Crippen molar-refractivity contribution in [2.24, 2.45) is 0 Å². The summed E-state index contributed by atoms with van der Waals surface area (Å²) in [4.78, 5) is 0. The van der Waals surface area contributed by atoms with Crippen molar-refractivity contribution >= 4 is 17.8 Å². The van der Waals surface area contributed by atoms with Gasteiger partial charge in [-0.05, 0) is 18.6 Å². The molecule has 6 heteroatoms. The molecule has 2 heterocycles. The zero-order valence-electron chi connectivity index (χ0n) is 10.4. The first-order valence-corrected chi connectivity index (χ1v) is 7.20. The van der Waals surface area contributed by atoms with Gasteiger partial charge in [0.05, 0.1) is 6.54 Å². The minimum absolute atomic E-state index is 0.424. The molecule has 17 heavy (non-hydrogen) atoms. The maximum absolute atomic E-state index is 5.49. The van der Waals surface area contributed by atoms with E-state index in [-0.39, 0.29) is 0 Å². The van der Waals surface area contributed by atoms with Crippen LogP contribution in [-0.2, 0) is 6.54 Å². The Kier molecular flexibility index (Phi) is 4.67. The van der Waals surface area contributed by atoms with Crippen LogP contribution in [-0.4, -0.2) is 33.8 Å². The van der Waals surface area contributed by atoms with Crippen molar-refractivity contribution in [1.29, 1.82) is 0 Å². The Morgan fingerprint density at radius 2 is 2.35 bits per heavy atom. The Bertz CT molecular complexity index is 336. The summed E-state index contributed by atoms with van der Waals surface area (Å²) in [5, 5.41) is 15.1. The largest absolute Gasteiger partial charge is 0.407 e. The maximum Gasteiger partial charge on any atom is 0.315 e. The van der Waals surface area contributed by atoms with Crippen molar-refractivity contribution in [3.63, 3.8) is 0 Å². The van der Waals surface area contributed by atoms with Crippen LogP contribution in [0.4, 0.5) is 6.01 Å². The maximum atomic E-state index is 5.49. The number of rotatable bonds is 6. The molecular formula is C11H20N4OS. The van der Waals surface area contributed by atoms with Crippen molar-refractivity contribution in [2.45, 2.75) is 44.5 Å². The normalized spacial score (nSPS) is 20.1. The van der Waals surface area contributed by atoms with E-state index in [1.54, 1.807) is 0 Å². The SMILES string of the molecule is CC(C)NCc1nnc(NCC2CCCS2)o1. The number of nitrogens with zero attached hydrogens (tertiary/aromatic N) is 2. The summed E-state index contributed by atoms with van der Waals surface area (Å²) >= 11 is 2.02. The van der Waals surface area contributed by atoms with E-state index in [2.05, 4.69) is 34.7 Å². The van der Waals surface area contributed by atoms with E-state index in [9.17, 15) is 0 Å². The number of hydrogen-bond donors (Lipinski definition) is 2. The zero-order chi connectivity index (χ0) is 12.1. The van der Waals surface area contributed by atoms with Crippen molar-refractivity contribution in [1.82, 2.24) is 15.5 Å². The predicted molar refractivity (Wildman–Crippen MR) is 70.2 cm³/mol. The van der Waals surface area contributed by atoms with Crippen LogP contribution in [0.1, 0.15) is 32.6 Å². The molecule has 1 atom stereocenters. The Hall–Kier alpha value is -0.750. The van der Waals surface area contributed by atoms with Crippen molar-refractivity contribution < 1.29 is 4.42 Å². The fourth-order valence-electron chi connectivity index (χ4n) is 1.69. The van der Waals surface area contributed by atoms with Gasteiger partial charge in [0.1, 0.15) is 0 Å². The third-order valence-electron chi connectivity index (χ3n) is 2.63. The van der Waals surface area contributed by atoms with Crippen LogP contribution in [0.2, 0.25) is 0 Å². The molecule has 5 nitrogen and oxygen atoms in total. The Labute approximate surface area is 106 Å². The van der Waals surface area contributed by atoms with Gasteiger partial charge >= 0.3 is 6.01 Å². The Morgan fingerprint density at radius 1 is 1.47 bits per heavy atom. The van der Waals surface area contributed by atoms with Crippen molar-refractivity contribution in [3.05, 3.63) is 5.89 Å². The molecule has 0 spiro atoms. The number of aromatic nitrogens is 2. The van der Waals surface area contributed by atoms with Gasteiger partial charge in [0.2, 0.25) is 5.89 Å². The summed E-state index contributed by atoms with van der Waals surface area (Å²) in [7, 11) is 0. The van der Waals surface area contributed by atoms with Crippen molar-refractivity contribution in [2.75, 3.05) is 17.6 Å². The molecule has 0 amide bonds. The molecule has 1 aromatic heterocycles. The van der Waals surface area contributed by atoms with E-state index in [4.69, 9.17) is 4.42 Å². The van der Waals surface area contributed by atoms with Gasteiger partial charge in [0.15, 0.2) is 0 Å². The molecule has 96 valence electrons. The molecule has 0 saturated carbocycles. The van der Waals surface area contributed by atoms with Crippen LogP contribution < -0.4 is 10.6 Å². The van der Waals surface area contributed by atoms with E-state index in [1.165, 1.54) is 18.6 Å². The fraction of sp³-hybridized carbons (Fsp3) is 0.818. The van der Waals surface area contributed by atoms with Crippen LogP contribution in [0, 0.1) is 0 Å². The van der Waals surface area contributed by atoms with Gasteiger partial charge in [0.25, 0.3) is 0 Å². The first kappa shape index (κ1) is 12.7. The topological polar surface area (TPSA) is 63.0 Å². The van der Waals surface area contributed by atoms with Crippen LogP contribution in [0.5, 0.6) is 0 Å². The summed E-state index contributed by atoms with van der Waals surface area (Å²) in [5.41, 5.74) is 0. The molecule has 2 rings (SSSR count). The lowest BCUT2D eigenvalue weighted by molar-refractivity contribution is 0.458.